The lowest BCUT2D eigenvalue weighted by Crippen LogP contribution is -2.44. The SMILES string of the molecule is CCCCCCc1ccccc1OC(c1ccccc1CCCCCC)C(CO)(COP(O)O)COP(O)O. The zero-order chi connectivity index (χ0) is 28.5. The number of hydrogen-bond acceptors (Lipinski definition) is 8. The summed E-state index contributed by atoms with van der Waals surface area (Å²) in [6.07, 6.45) is 9.58. The number of hydrogen-bond donors (Lipinski definition) is 5. The molecule has 0 spiro atoms. The van der Waals surface area contributed by atoms with Crippen molar-refractivity contribution >= 4 is 17.2 Å². The fraction of sp³-hybridized carbons (Fsp3) is 0.586. The van der Waals surface area contributed by atoms with Gasteiger partial charge in [0.1, 0.15) is 11.9 Å². The Morgan fingerprint density at radius 3 is 1.74 bits per heavy atom. The lowest BCUT2D eigenvalue weighted by atomic mass is 9.78. The maximum Gasteiger partial charge on any atom is 0.327 e. The summed E-state index contributed by atoms with van der Waals surface area (Å²) in [6, 6.07) is 15.6. The molecular weight excluding hydrogens is 538 g/mol. The first kappa shape index (κ1) is 34.0. The van der Waals surface area contributed by atoms with E-state index >= 15 is 0 Å². The summed E-state index contributed by atoms with van der Waals surface area (Å²) in [5.74, 6) is 0.656. The average Bonchev–Trinajstić information content (AvgIpc) is 2.93. The Labute approximate surface area is 236 Å². The quantitative estimate of drug-likeness (QED) is 0.0832. The minimum Gasteiger partial charge on any atom is -0.485 e. The first-order valence-corrected chi connectivity index (χ1v) is 16.2. The summed E-state index contributed by atoms with van der Waals surface area (Å²) < 4.78 is 17.2. The van der Waals surface area contributed by atoms with Crippen LogP contribution in [0.2, 0.25) is 0 Å². The van der Waals surface area contributed by atoms with Crippen LogP contribution in [-0.2, 0) is 21.9 Å². The number of aliphatic hydroxyl groups excluding tert-OH is 1. The first-order valence-electron chi connectivity index (χ1n) is 13.9. The van der Waals surface area contributed by atoms with Crippen molar-refractivity contribution in [2.75, 3.05) is 19.8 Å². The number of benzene rings is 2. The van der Waals surface area contributed by atoms with Gasteiger partial charge in [-0.2, -0.15) is 0 Å². The summed E-state index contributed by atoms with van der Waals surface area (Å²) in [7, 11) is -5.46. The van der Waals surface area contributed by atoms with E-state index in [2.05, 4.69) is 13.8 Å². The lowest BCUT2D eigenvalue weighted by molar-refractivity contribution is -0.0659. The third-order valence-corrected chi connectivity index (χ3v) is 7.68. The number of aryl methyl sites for hydroxylation is 2. The number of aliphatic hydroxyl groups is 1. The molecule has 0 bridgehead atoms. The molecule has 0 radical (unpaired) electrons. The van der Waals surface area contributed by atoms with Crippen LogP contribution in [0.3, 0.4) is 0 Å². The normalized spacial score (nSPS) is 12.8. The standard InChI is InChI=1S/C29H46O8P2/c1-3-5-7-9-15-24-16-11-13-19-26(24)28(29(21-30,22-35-38(31)32)23-36-39(33)34)37-27-20-14-12-18-25(27)17-10-8-6-4-2/h11-14,16,18-20,28,30-34H,3-10,15,17,21-23H2,1-2H3. The summed E-state index contributed by atoms with van der Waals surface area (Å²) in [5, 5.41) is 10.8. The maximum atomic E-state index is 10.8. The molecule has 8 nitrogen and oxygen atoms in total. The predicted molar refractivity (Wildman–Crippen MR) is 156 cm³/mol. The van der Waals surface area contributed by atoms with E-state index in [0.29, 0.717) is 5.75 Å². The fourth-order valence-corrected chi connectivity index (χ4v) is 5.46. The molecule has 0 saturated heterocycles. The van der Waals surface area contributed by atoms with Gasteiger partial charge < -0.3 is 38.5 Å². The molecule has 10 heteroatoms. The molecule has 0 aromatic heterocycles. The Bertz CT molecular complexity index is 916. The van der Waals surface area contributed by atoms with Crippen LogP contribution in [0.1, 0.15) is 88.0 Å². The van der Waals surface area contributed by atoms with Crippen molar-refractivity contribution < 1.29 is 38.5 Å². The largest absolute Gasteiger partial charge is 0.485 e. The van der Waals surface area contributed by atoms with E-state index in [1.54, 1.807) is 0 Å². The van der Waals surface area contributed by atoms with Crippen LogP contribution in [0, 0.1) is 5.41 Å². The highest BCUT2D eigenvalue weighted by molar-refractivity contribution is 7.39. The van der Waals surface area contributed by atoms with E-state index in [-0.39, 0.29) is 13.2 Å². The molecule has 0 amide bonds. The number of rotatable bonds is 21. The van der Waals surface area contributed by atoms with Gasteiger partial charge in [-0.25, -0.2) is 0 Å². The van der Waals surface area contributed by atoms with Crippen molar-refractivity contribution in [3.63, 3.8) is 0 Å². The molecule has 5 N–H and O–H groups in total. The van der Waals surface area contributed by atoms with Crippen molar-refractivity contribution in [3.8, 4) is 5.75 Å². The van der Waals surface area contributed by atoms with Crippen LogP contribution in [0.4, 0.5) is 0 Å². The number of unbranched alkanes of at least 4 members (excludes halogenated alkanes) is 6. The zero-order valence-corrected chi connectivity index (χ0v) is 25.0. The topological polar surface area (TPSA) is 129 Å². The van der Waals surface area contributed by atoms with E-state index in [0.717, 1.165) is 80.9 Å². The zero-order valence-electron chi connectivity index (χ0n) is 23.2. The minimum atomic E-state index is -2.73. The van der Waals surface area contributed by atoms with Gasteiger partial charge in [0.15, 0.2) is 0 Å². The molecule has 2 aromatic rings. The van der Waals surface area contributed by atoms with Gasteiger partial charge in [-0.15, -0.1) is 0 Å². The van der Waals surface area contributed by atoms with Crippen LogP contribution in [0.25, 0.3) is 0 Å². The van der Waals surface area contributed by atoms with Crippen LogP contribution in [-0.4, -0.2) is 44.5 Å². The summed E-state index contributed by atoms with van der Waals surface area (Å²) in [4.78, 5) is 38.3. The van der Waals surface area contributed by atoms with Gasteiger partial charge in [0.05, 0.1) is 25.2 Å². The molecule has 0 aliphatic heterocycles. The van der Waals surface area contributed by atoms with Crippen molar-refractivity contribution in [1.82, 2.24) is 0 Å². The Kier molecular flexibility index (Phi) is 16.6. The highest BCUT2D eigenvalue weighted by atomic mass is 31.2. The van der Waals surface area contributed by atoms with E-state index in [1.165, 1.54) is 0 Å². The van der Waals surface area contributed by atoms with Gasteiger partial charge in [-0.3, -0.25) is 0 Å². The second kappa shape index (κ2) is 19.0. The van der Waals surface area contributed by atoms with E-state index < -0.39 is 35.3 Å². The van der Waals surface area contributed by atoms with E-state index in [9.17, 15) is 24.7 Å². The Morgan fingerprint density at radius 1 is 0.692 bits per heavy atom. The van der Waals surface area contributed by atoms with Gasteiger partial charge in [0.2, 0.25) is 0 Å². The van der Waals surface area contributed by atoms with Crippen LogP contribution in [0.15, 0.2) is 48.5 Å². The monoisotopic (exact) mass is 584 g/mol. The second-order valence-electron chi connectivity index (χ2n) is 10.00. The lowest BCUT2D eigenvalue weighted by Gasteiger charge is -2.40. The molecule has 1 unspecified atom stereocenters. The molecular formula is C29H46O8P2. The van der Waals surface area contributed by atoms with E-state index in [4.69, 9.17) is 13.8 Å². The summed E-state index contributed by atoms with van der Waals surface area (Å²) in [6.45, 7) is 3.15. The van der Waals surface area contributed by atoms with Gasteiger partial charge in [0.25, 0.3) is 0 Å². The first-order chi connectivity index (χ1) is 18.9. The third-order valence-electron chi connectivity index (χ3n) is 6.96. The molecule has 220 valence electrons. The Hall–Kier alpha value is -1.18. The summed E-state index contributed by atoms with van der Waals surface area (Å²) >= 11 is 0. The Balaban J connectivity index is 2.55. The number of ether oxygens (including phenoxy) is 1. The van der Waals surface area contributed by atoms with Crippen LogP contribution in [0.5, 0.6) is 5.75 Å². The molecule has 2 rings (SSSR count). The fourth-order valence-electron chi connectivity index (χ4n) is 4.71. The van der Waals surface area contributed by atoms with Crippen molar-refractivity contribution in [3.05, 3.63) is 65.2 Å². The average molecular weight is 585 g/mol. The molecule has 0 heterocycles. The number of para-hydroxylation sites is 1. The Morgan fingerprint density at radius 2 is 1.21 bits per heavy atom. The highest BCUT2D eigenvalue weighted by Crippen LogP contribution is 2.45. The van der Waals surface area contributed by atoms with Crippen LogP contribution < -0.4 is 4.74 Å². The molecule has 39 heavy (non-hydrogen) atoms. The molecule has 0 aliphatic carbocycles. The molecule has 2 aromatic carbocycles. The molecule has 1 atom stereocenters. The molecule has 0 fully saturated rings. The molecule has 0 saturated carbocycles. The van der Waals surface area contributed by atoms with Gasteiger partial charge in [-0.1, -0.05) is 94.8 Å². The summed E-state index contributed by atoms with van der Waals surface area (Å²) in [5.41, 5.74) is 1.53. The van der Waals surface area contributed by atoms with Crippen molar-refractivity contribution in [2.45, 2.75) is 84.2 Å². The predicted octanol–water partition coefficient (Wildman–Crippen LogP) is 6.49. The van der Waals surface area contributed by atoms with Crippen molar-refractivity contribution in [2.24, 2.45) is 5.41 Å². The highest BCUT2D eigenvalue weighted by Gasteiger charge is 2.44. The van der Waals surface area contributed by atoms with Crippen LogP contribution >= 0.6 is 17.2 Å². The van der Waals surface area contributed by atoms with Gasteiger partial charge in [-0.05, 0) is 48.4 Å². The third kappa shape index (κ3) is 11.7. The second-order valence-corrected chi connectivity index (χ2v) is 11.5. The minimum absolute atomic E-state index is 0.334. The molecule has 0 aliphatic rings. The smallest absolute Gasteiger partial charge is 0.327 e. The maximum absolute atomic E-state index is 10.8. The van der Waals surface area contributed by atoms with E-state index in [1.807, 2.05) is 48.5 Å². The van der Waals surface area contributed by atoms with Crippen molar-refractivity contribution in [1.29, 1.82) is 0 Å². The van der Waals surface area contributed by atoms with Gasteiger partial charge >= 0.3 is 17.2 Å². The van der Waals surface area contributed by atoms with Gasteiger partial charge in [0, 0.05) is 0 Å².